The second kappa shape index (κ2) is 7.66. The third-order valence-corrected chi connectivity index (χ3v) is 4.27. The molecular weight excluding hydrogens is 320 g/mol. The highest BCUT2D eigenvalue weighted by atomic mass is 35.5. The van der Waals surface area contributed by atoms with Crippen molar-refractivity contribution in [1.29, 1.82) is 0 Å². The van der Waals surface area contributed by atoms with Crippen LogP contribution >= 0.6 is 11.6 Å². The number of amides is 2. The van der Waals surface area contributed by atoms with Crippen LogP contribution in [0.2, 0.25) is 5.02 Å². The molecule has 1 aliphatic rings. The number of methoxy groups -OCH3 is 1. The highest BCUT2D eigenvalue weighted by molar-refractivity contribution is 6.34. The van der Waals surface area contributed by atoms with Gasteiger partial charge in [-0.2, -0.15) is 0 Å². The summed E-state index contributed by atoms with van der Waals surface area (Å²) in [7, 11) is 1.46. The topological polar surface area (TPSA) is 78.9 Å². The first-order valence-electron chi connectivity index (χ1n) is 7.51. The number of ether oxygens (including phenoxy) is 1. The minimum Gasteiger partial charge on any atom is -0.495 e. The molecule has 2 unspecified atom stereocenters. The number of aliphatic hydroxyl groups excluding tert-OH is 1. The highest BCUT2D eigenvalue weighted by Crippen LogP contribution is 2.36. The van der Waals surface area contributed by atoms with Gasteiger partial charge < -0.3 is 20.1 Å². The molecule has 126 valence electrons. The number of benzene rings is 1. The number of para-hydroxylation sites is 1. The Labute approximate surface area is 140 Å². The Balaban J connectivity index is 2.15. The molecule has 0 radical (unpaired) electrons. The first-order chi connectivity index (χ1) is 11.0. The van der Waals surface area contributed by atoms with Gasteiger partial charge in [-0.15, -0.1) is 0 Å². The summed E-state index contributed by atoms with van der Waals surface area (Å²) in [4.78, 5) is 24.8. The Hall–Kier alpha value is -1.79. The van der Waals surface area contributed by atoms with Gasteiger partial charge in [0.05, 0.1) is 18.2 Å². The van der Waals surface area contributed by atoms with Gasteiger partial charge in [-0.3, -0.25) is 9.59 Å². The predicted octanol–water partition coefficient (Wildman–Crippen LogP) is 1.59. The maximum absolute atomic E-state index is 12.0. The Morgan fingerprint density at radius 2 is 2.26 bits per heavy atom. The number of rotatable bonds is 8. The molecule has 1 aromatic rings. The minimum absolute atomic E-state index is 0.300. The van der Waals surface area contributed by atoms with Gasteiger partial charge in [0.2, 0.25) is 6.41 Å². The zero-order chi connectivity index (χ0) is 17.0. The number of hydrogen-bond acceptors (Lipinski definition) is 4. The Kier molecular flexibility index (Phi) is 5.85. The molecule has 7 heteroatoms. The highest BCUT2D eigenvalue weighted by Gasteiger charge is 2.31. The monoisotopic (exact) mass is 340 g/mol. The summed E-state index contributed by atoms with van der Waals surface area (Å²) in [6, 6.07) is 4.17. The summed E-state index contributed by atoms with van der Waals surface area (Å²) in [5, 5.41) is 13.2. The molecule has 23 heavy (non-hydrogen) atoms. The quantitative estimate of drug-likeness (QED) is 0.704. The minimum atomic E-state index is -1.36. The van der Waals surface area contributed by atoms with E-state index in [-0.39, 0.29) is 0 Å². The van der Waals surface area contributed by atoms with Crippen molar-refractivity contribution in [3.63, 3.8) is 0 Å². The largest absolute Gasteiger partial charge is 0.495 e. The normalized spacial score (nSPS) is 16.3. The van der Waals surface area contributed by atoms with Crippen molar-refractivity contribution in [2.45, 2.75) is 31.9 Å². The molecule has 2 N–H and O–H groups in total. The van der Waals surface area contributed by atoms with E-state index in [2.05, 4.69) is 5.32 Å². The van der Waals surface area contributed by atoms with E-state index in [1.807, 2.05) is 0 Å². The number of hydrogen-bond donors (Lipinski definition) is 2. The van der Waals surface area contributed by atoms with E-state index in [4.69, 9.17) is 16.3 Å². The summed E-state index contributed by atoms with van der Waals surface area (Å²) in [6.07, 6.45) is 1.37. The standard InChI is InChI=1S/C16H21ClN2O4/c1-10(15(21)16(22)18-8-11-6-7-11)19(9-20)14-12(17)4-3-5-13(14)23-2/h3-5,9-11,15,21H,6-8H2,1-2H3,(H,18,22). The molecule has 0 aliphatic heterocycles. The van der Waals surface area contributed by atoms with Crippen LogP contribution in [0, 0.1) is 5.92 Å². The molecule has 1 fully saturated rings. The molecule has 0 aromatic heterocycles. The molecule has 6 nitrogen and oxygen atoms in total. The number of halogens is 1. The van der Waals surface area contributed by atoms with Crippen LogP contribution in [0.1, 0.15) is 19.8 Å². The van der Waals surface area contributed by atoms with Gasteiger partial charge in [0.25, 0.3) is 5.91 Å². The molecule has 0 heterocycles. The van der Waals surface area contributed by atoms with Crippen LogP contribution in [-0.2, 0) is 9.59 Å². The zero-order valence-corrected chi connectivity index (χ0v) is 13.9. The van der Waals surface area contributed by atoms with Crippen molar-refractivity contribution < 1.29 is 19.4 Å². The second-order valence-electron chi connectivity index (χ2n) is 5.68. The number of nitrogens with one attached hydrogen (secondary N) is 1. The summed E-state index contributed by atoms with van der Waals surface area (Å²) in [5.74, 6) is 0.400. The van der Waals surface area contributed by atoms with Crippen LogP contribution in [-0.4, -0.2) is 43.2 Å². The molecule has 1 saturated carbocycles. The third kappa shape index (κ3) is 4.14. The van der Waals surface area contributed by atoms with E-state index in [1.165, 1.54) is 12.0 Å². The lowest BCUT2D eigenvalue weighted by molar-refractivity contribution is -0.130. The van der Waals surface area contributed by atoms with E-state index >= 15 is 0 Å². The van der Waals surface area contributed by atoms with Crippen molar-refractivity contribution >= 4 is 29.6 Å². The maximum atomic E-state index is 12.0. The van der Waals surface area contributed by atoms with E-state index in [0.29, 0.717) is 35.3 Å². The van der Waals surface area contributed by atoms with E-state index < -0.39 is 18.1 Å². The lowest BCUT2D eigenvalue weighted by Gasteiger charge is -2.30. The number of anilines is 1. The van der Waals surface area contributed by atoms with Crippen molar-refractivity contribution in [2.75, 3.05) is 18.6 Å². The molecular formula is C16H21ClN2O4. The fourth-order valence-corrected chi connectivity index (χ4v) is 2.57. The van der Waals surface area contributed by atoms with Crippen molar-refractivity contribution in [1.82, 2.24) is 5.32 Å². The fraction of sp³-hybridized carbons (Fsp3) is 0.500. The molecule has 0 bridgehead atoms. The first kappa shape index (κ1) is 17.6. The number of carbonyl (C=O) groups excluding carboxylic acids is 2. The van der Waals surface area contributed by atoms with Crippen molar-refractivity contribution in [2.24, 2.45) is 5.92 Å². The lowest BCUT2D eigenvalue weighted by Crippen LogP contribution is -2.49. The SMILES string of the molecule is COc1cccc(Cl)c1N(C=O)C(C)C(O)C(=O)NCC1CC1. The smallest absolute Gasteiger partial charge is 0.251 e. The van der Waals surface area contributed by atoms with Gasteiger partial charge in [-0.25, -0.2) is 0 Å². The van der Waals surface area contributed by atoms with Crippen LogP contribution in [0.15, 0.2) is 18.2 Å². The van der Waals surface area contributed by atoms with Gasteiger partial charge in [0.15, 0.2) is 6.10 Å². The summed E-state index contributed by atoms with van der Waals surface area (Å²) in [6.45, 7) is 2.14. The number of nitrogens with zero attached hydrogens (tertiary/aromatic N) is 1. The summed E-state index contributed by atoms with van der Waals surface area (Å²) in [5.41, 5.74) is 0.327. The van der Waals surface area contributed by atoms with Crippen LogP contribution in [0.3, 0.4) is 0 Å². The lowest BCUT2D eigenvalue weighted by atomic mass is 10.1. The first-order valence-corrected chi connectivity index (χ1v) is 7.89. The number of carbonyl (C=O) groups is 2. The van der Waals surface area contributed by atoms with Crippen LogP contribution in [0.5, 0.6) is 5.75 Å². The van der Waals surface area contributed by atoms with Gasteiger partial charge >= 0.3 is 0 Å². The van der Waals surface area contributed by atoms with Gasteiger partial charge in [-0.1, -0.05) is 17.7 Å². The van der Waals surface area contributed by atoms with E-state index in [1.54, 1.807) is 25.1 Å². The molecule has 1 aliphatic carbocycles. The Morgan fingerprint density at radius 3 is 2.83 bits per heavy atom. The number of aliphatic hydroxyl groups is 1. The van der Waals surface area contributed by atoms with Gasteiger partial charge in [-0.05, 0) is 37.8 Å². The van der Waals surface area contributed by atoms with E-state index in [0.717, 1.165) is 12.8 Å². The average molecular weight is 341 g/mol. The summed E-state index contributed by atoms with van der Waals surface area (Å²) >= 11 is 6.16. The summed E-state index contributed by atoms with van der Waals surface area (Å²) < 4.78 is 5.22. The second-order valence-corrected chi connectivity index (χ2v) is 6.08. The average Bonchev–Trinajstić information content (AvgIpc) is 3.38. The van der Waals surface area contributed by atoms with Crippen LogP contribution in [0.4, 0.5) is 5.69 Å². The molecule has 0 saturated heterocycles. The Bertz CT molecular complexity index is 577. The molecule has 0 spiro atoms. The molecule has 2 atom stereocenters. The Morgan fingerprint density at radius 1 is 1.57 bits per heavy atom. The van der Waals surface area contributed by atoms with Crippen LogP contribution in [0.25, 0.3) is 0 Å². The van der Waals surface area contributed by atoms with Crippen LogP contribution < -0.4 is 15.0 Å². The fourth-order valence-electron chi connectivity index (χ4n) is 2.31. The molecule has 2 amide bonds. The van der Waals surface area contributed by atoms with Crippen molar-refractivity contribution in [3.05, 3.63) is 23.2 Å². The van der Waals surface area contributed by atoms with E-state index in [9.17, 15) is 14.7 Å². The predicted molar refractivity (Wildman–Crippen MR) is 87.7 cm³/mol. The van der Waals surface area contributed by atoms with Gasteiger partial charge in [0.1, 0.15) is 11.4 Å². The van der Waals surface area contributed by atoms with Crippen molar-refractivity contribution in [3.8, 4) is 5.75 Å². The maximum Gasteiger partial charge on any atom is 0.251 e. The molecule has 1 aromatic carbocycles. The zero-order valence-electron chi connectivity index (χ0n) is 13.2. The third-order valence-electron chi connectivity index (χ3n) is 3.97. The van der Waals surface area contributed by atoms with Gasteiger partial charge in [0, 0.05) is 6.54 Å². The molecule has 2 rings (SSSR count).